The van der Waals surface area contributed by atoms with Gasteiger partial charge in [-0.3, -0.25) is 0 Å². The summed E-state index contributed by atoms with van der Waals surface area (Å²) in [6.07, 6.45) is 2.43. The van der Waals surface area contributed by atoms with E-state index in [-0.39, 0.29) is 5.69 Å². The zero-order valence-corrected chi connectivity index (χ0v) is 8.56. The predicted octanol–water partition coefficient (Wildman–Crippen LogP) is 1.37. The molecule has 0 aliphatic carbocycles. The Morgan fingerprint density at radius 1 is 1.31 bits per heavy atom. The van der Waals surface area contributed by atoms with Crippen LogP contribution in [-0.2, 0) is 6.42 Å². The van der Waals surface area contributed by atoms with Crippen molar-refractivity contribution >= 4 is 0 Å². The van der Waals surface area contributed by atoms with Gasteiger partial charge in [-0.25, -0.2) is 9.78 Å². The number of benzene rings is 1. The molecule has 0 unspecified atom stereocenters. The number of hydrogen-bond acceptors (Lipinski definition) is 3. The van der Waals surface area contributed by atoms with E-state index in [0.717, 1.165) is 23.4 Å². The van der Waals surface area contributed by atoms with Crippen molar-refractivity contribution in [3.63, 3.8) is 0 Å². The van der Waals surface area contributed by atoms with Crippen LogP contribution in [0.25, 0.3) is 11.3 Å². The fourth-order valence-corrected chi connectivity index (χ4v) is 1.95. The second-order valence-corrected chi connectivity index (χ2v) is 3.68. The molecule has 0 radical (unpaired) electrons. The van der Waals surface area contributed by atoms with Crippen molar-refractivity contribution in [3.8, 4) is 17.0 Å². The molecule has 1 aliphatic rings. The van der Waals surface area contributed by atoms with Crippen LogP contribution in [0.4, 0.5) is 0 Å². The number of H-pyrrole nitrogens is 1. The van der Waals surface area contributed by atoms with Gasteiger partial charge in [0.25, 0.3) is 0 Å². The average molecular weight is 214 g/mol. The van der Waals surface area contributed by atoms with E-state index in [2.05, 4.69) is 9.97 Å². The smallest absolute Gasteiger partial charge is 0.345 e. The largest absolute Gasteiger partial charge is 0.492 e. The monoisotopic (exact) mass is 214 g/mol. The molecule has 0 saturated carbocycles. The lowest BCUT2D eigenvalue weighted by atomic mass is 10.1. The first-order chi connectivity index (χ1) is 7.84. The molecular weight excluding hydrogens is 204 g/mol. The second-order valence-electron chi connectivity index (χ2n) is 3.68. The van der Waals surface area contributed by atoms with Crippen LogP contribution in [0.2, 0.25) is 0 Å². The summed E-state index contributed by atoms with van der Waals surface area (Å²) in [5.41, 5.74) is 2.52. The number of aromatic nitrogens is 2. The minimum Gasteiger partial charge on any atom is -0.492 e. The first kappa shape index (κ1) is 9.15. The van der Waals surface area contributed by atoms with Crippen LogP contribution in [0.3, 0.4) is 0 Å². The van der Waals surface area contributed by atoms with E-state index < -0.39 is 0 Å². The van der Waals surface area contributed by atoms with Gasteiger partial charge in [0, 0.05) is 18.2 Å². The van der Waals surface area contributed by atoms with Crippen LogP contribution in [0, 0.1) is 0 Å². The van der Waals surface area contributed by atoms with Gasteiger partial charge in [0.2, 0.25) is 0 Å². The fourth-order valence-electron chi connectivity index (χ4n) is 1.95. The Labute approximate surface area is 91.9 Å². The minimum atomic E-state index is -0.340. The Balaban J connectivity index is 2.21. The molecular formula is C12H10N2O2. The summed E-state index contributed by atoms with van der Waals surface area (Å²) in [5.74, 6) is 0.879. The molecule has 0 atom stereocenters. The zero-order valence-electron chi connectivity index (χ0n) is 8.56. The third kappa shape index (κ3) is 1.39. The van der Waals surface area contributed by atoms with Gasteiger partial charge >= 0.3 is 5.69 Å². The Morgan fingerprint density at radius 2 is 2.25 bits per heavy atom. The Kier molecular flexibility index (Phi) is 1.99. The van der Waals surface area contributed by atoms with Crippen LogP contribution in [0.5, 0.6) is 5.75 Å². The van der Waals surface area contributed by atoms with Crippen molar-refractivity contribution in [2.45, 2.75) is 6.42 Å². The molecule has 0 saturated heterocycles. The lowest BCUT2D eigenvalue weighted by molar-refractivity contribution is 0.358. The van der Waals surface area contributed by atoms with Crippen molar-refractivity contribution in [1.82, 2.24) is 9.97 Å². The molecule has 4 heteroatoms. The summed E-state index contributed by atoms with van der Waals surface area (Å²) in [6.45, 7) is 0.710. The fraction of sp³-hybridized carbons (Fsp3) is 0.167. The quantitative estimate of drug-likeness (QED) is 0.780. The van der Waals surface area contributed by atoms with E-state index >= 15 is 0 Å². The zero-order chi connectivity index (χ0) is 11.0. The van der Waals surface area contributed by atoms with E-state index in [1.165, 1.54) is 11.8 Å². The van der Waals surface area contributed by atoms with Crippen molar-refractivity contribution in [2.75, 3.05) is 6.61 Å². The first-order valence-electron chi connectivity index (χ1n) is 5.15. The summed E-state index contributed by atoms with van der Waals surface area (Å²) in [6, 6.07) is 7.74. The molecule has 0 spiro atoms. The third-order valence-electron chi connectivity index (χ3n) is 2.68. The van der Waals surface area contributed by atoms with Crippen molar-refractivity contribution in [2.24, 2.45) is 0 Å². The summed E-state index contributed by atoms with van der Waals surface area (Å²) in [4.78, 5) is 17.5. The first-order valence-corrected chi connectivity index (χ1v) is 5.15. The van der Waals surface area contributed by atoms with Gasteiger partial charge in [0.1, 0.15) is 5.75 Å². The normalized spacial score (nSPS) is 13.2. The van der Waals surface area contributed by atoms with Gasteiger partial charge in [0.05, 0.1) is 12.3 Å². The van der Waals surface area contributed by atoms with Crippen molar-refractivity contribution in [1.29, 1.82) is 0 Å². The summed E-state index contributed by atoms with van der Waals surface area (Å²) in [5, 5.41) is 0. The minimum absolute atomic E-state index is 0.340. The Hall–Kier alpha value is -2.10. The molecule has 1 N–H and O–H groups in total. The molecule has 1 aliphatic heterocycles. The maximum Gasteiger partial charge on any atom is 0.345 e. The number of para-hydroxylation sites is 1. The maximum absolute atomic E-state index is 11.2. The molecule has 1 aromatic heterocycles. The lowest BCUT2D eigenvalue weighted by Crippen LogP contribution is -2.09. The van der Waals surface area contributed by atoms with Crippen molar-refractivity contribution < 1.29 is 4.74 Å². The SMILES string of the molecule is O=c1nccc(-c2cccc3c2OCC3)[nH]1. The van der Waals surface area contributed by atoms with Crippen LogP contribution >= 0.6 is 0 Å². The maximum atomic E-state index is 11.2. The van der Waals surface area contributed by atoms with Crippen LogP contribution in [0.1, 0.15) is 5.56 Å². The molecule has 0 amide bonds. The van der Waals surface area contributed by atoms with Gasteiger partial charge in [0.15, 0.2) is 0 Å². The van der Waals surface area contributed by atoms with Gasteiger partial charge < -0.3 is 9.72 Å². The molecule has 0 fully saturated rings. The summed E-state index contributed by atoms with van der Waals surface area (Å²) in [7, 11) is 0. The van der Waals surface area contributed by atoms with Gasteiger partial charge in [-0.05, 0) is 17.7 Å². The predicted molar refractivity (Wildman–Crippen MR) is 59.5 cm³/mol. The summed E-state index contributed by atoms with van der Waals surface area (Å²) < 4.78 is 5.58. The molecule has 2 aromatic rings. The standard InChI is InChI=1S/C12H10N2O2/c15-12-13-6-4-10(14-12)9-3-1-2-8-5-7-16-11(8)9/h1-4,6H,5,7H2,(H,13,14,15). The Morgan fingerprint density at radius 3 is 3.12 bits per heavy atom. The molecule has 80 valence electrons. The number of fused-ring (bicyclic) bond motifs is 1. The van der Waals surface area contributed by atoms with Gasteiger partial charge in [-0.2, -0.15) is 0 Å². The molecule has 0 bridgehead atoms. The highest BCUT2D eigenvalue weighted by molar-refractivity contribution is 5.69. The van der Waals surface area contributed by atoms with E-state index in [9.17, 15) is 4.79 Å². The van der Waals surface area contributed by atoms with E-state index in [0.29, 0.717) is 6.61 Å². The third-order valence-corrected chi connectivity index (χ3v) is 2.68. The second kappa shape index (κ2) is 3.48. The topological polar surface area (TPSA) is 55.0 Å². The lowest BCUT2D eigenvalue weighted by Gasteiger charge is -2.06. The number of nitrogens with zero attached hydrogens (tertiary/aromatic N) is 1. The number of nitrogens with one attached hydrogen (secondary N) is 1. The van der Waals surface area contributed by atoms with Crippen LogP contribution in [-0.4, -0.2) is 16.6 Å². The highest BCUT2D eigenvalue weighted by Gasteiger charge is 2.17. The van der Waals surface area contributed by atoms with Gasteiger partial charge in [-0.1, -0.05) is 12.1 Å². The highest BCUT2D eigenvalue weighted by Crippen LogP contribution is 2.35. The van der Waals surface area contributed by atoms with E-state index in [1.807, 2.05) is 18.2 Å². The number of hydrogen-bond donors (Lipinski definition) is 1. The molecule has 3 rings (SSSR count). The number of rotatable bonds is 1. The number of aromatic amines is 1. The Bertz CT molecular complexity index is 590. The van der Waals surface area contributed by atoms with E-state index in [1.54, 1.807) is 6.07 Å². The molecule has 2 heterocycles. The molecule has 16 heavy (non-hydrogen) atoms. The van der Waals surface area contributed by atoms with Gasteiger partial charge in [-0.15, -0.1) is 0 Å². The summed E-state index contributed by atoms with van der Waals surface area (Å²) >= 11 is 0. The average Bonchev–Trinajstić information content (AvgIpc) is 2.76. The van der Waals surface area contributed by atoms with Crippen LogP contribution in [0.15, 0.2) is 35.3 Å². The van der Waals surface area contributed by atoms with Crippen LogP contribution < -0.4 is 10.4 Å². The molecule has 1 aromatic carbocycles. The highest BCUT2D eigenvalue weighted by atomic mass is 16.5. The molecule has 4 nitrogen and oxygen atoms in total. The number of ether oxygens (including phenoxy) is 1. The van der Waals surface area contributed by atoms with E-state index in [4.69, 9.17) is 4.74 Å². The van der Waals surface area contributed by atoms with Crippen molar-refractivity contribution in [3.05, 3.63) is 46.5 Å².